The van der Waals surface area contributed by atoms with Crippen LogP contribution in [0.4, 0.5) is 0 Å². The minimum Gasteiger partial charge on any atom is -0.486 e. The third-order valence-corrected chi connectivity index (χ3v) is 7.07. The molecule has 2 atom stereocenters. The van der Waals surface area contributed by atoms with Crippen molar-refractivity contribution >= 4 is 22.3 Å². The standard InChI is InChI=1S/C29H30N6O3/c1-3-22-29-19(7-5-9-23(29)35(33-22)17-20-8-4-6-18(2)32-20)12-25(36)24-14-31-28-13-21(10-11-34(24)28)38-27-16-30-15-26(27)37/h4-11,13-14,26-27,30,37H,3,12,15-17H2,1-2H3/t26-,27-/m1/s1. The number of carbonyl (C=O) groups is 1. The number of aromatic nitrogens is 5. The van der Waals surface area contributed by atoms with Crippen molar-refractivity contribution in [1.82, 2.24) is 29.5 Å². The number of aliphatic hydroxyl groups is 1. The van der Waals surface area contributed by atoms with E-state index in [9.17, 15) is 9.90 Å². The van der Waals surface area contributed by atoms with Crippen LogP contribution in [0.2, 0.25) is 0 Å². The highest BCUT2D eigenvalue weighted by atomic mass is 16.5. The molecule has 6 rings (SSSR count). The largest absolute Gasteiger partial charge is 0.486 e. The van der Waals surface area contributed by atoms with Gasteiger partial charge in [-0.15, -0.1) is 0 Å². The van der Waals surface area contributed by atoms with Crippen LogP contribution >= 0.6 is 0 Å². The number of aryl methyl sites for hydroxylation is 2. The molecule has 1 aromatic carbocycles. The molecule has 1 fully saturated rings. The van der Waals surface area contributed by atoms with Gasteiger partial charge in [-0.25, -0.2) is 4.98 Å². The Hall–Kier alpha value is -4.08. The lowest BCUT2D eigenvalue weighted by Gasteiger charge is -2.16. The second kappa shape index (κ2) is 10.00. The Morgan fingerprint density at radius 3 is 2.84 bits per heavy atom. The van der Waals surface area contributed by atoms with Crippen molar-refractivity contribution < 1.29 is 14.6 Å². The van der Waals surface area contributed by atoms with Crippen molar-refractivity contribution in [3.63, 3.8) is 0 Å². The number of nitrogens with one attached hydrogen (secondary N) is 1. The number of carbonyl (C=O) groups excluding carboxylic acids is 1. The Balaban J connectivity index is 1.27. The Kier molecular flexibility index (Phi) is 6.39. The number of rotatable bonds is 8. The second-order valence-electron chi connectivity index (χ2n) is 9.76. The Morgan fingerprint density at radius 2 is 2.05 bits per heavy atom. The molecule has 0 amide bonds. The quantitative estimate of drug-likeness (QED) is 0.309. The first-order valence-corrected chi connectivity index (χ1v) is 13.0. The molecule has 0 spiro atoms. The van der Waals surface area contributed by atoms with Gasteiger partial charge in [0.05, 0.1) is 29.6 Å². The van der Waals surface area contributed by atoms with E-state index in [1.54, 1.807) is 28.9 Å². The highest BCUT2D eigenvalue weighted by Gasteiger charge is 2.27. The molecule has 38 heavy (non-hydrogen) atoms. The average Bonchev–Trinajstić information content (AvgIpc) is 3.61. The highest BCUT2D eigenvalue weighted by Crippen LogP contribution is 2.26. The molecule has 0 unspecified atom stereocenters. The van der Waals surface area contributed by atoms with Gasteiger partial charge < -0.3 is 15.2 Å². The van der Waals surface area contributed by atoms with Gasteiger partial charge in [0.2, 0.25) is 0 Å². The van der Waals surface area contributed by atoms with Gasteiger partial charge in [-0.1, -0.05) is 25.1 Å². The van der Waals surface area contributed by atoms with Crippen LogP contribution in [0.25, 0.3) is 16.6 Å². The van der Waals surface area contributed by atoms with Crippen molar-refractivity contribution in [2.75, 3.05) is 13.1 Å². The van der Waals surface area contributed by atoms with Crippen molar-refractivity contribution in [2.45, 2.75) is 45.4 Å². The summed E-state index contributed by atoms with van der Waals surface area (Å²) in [5, 5.41) is 19.0. The van der Waals surface area contributed by atoms with Gasteiger partial charge in [0.1, 0.15) is 29.3 Å². The van der Waals surface area contributed by atoms with Crippen LogP contribution in [0.5, 0.6) is 5.75 Å². The third-order valence-electron chi connectivity index (χ3n) is 7.07. The summed E-state index contributed by atoms with van der Waals surface area (Å²) in [6, 6.07) is 15.6. The molecule has 1 saturated heterocycles. The van der Waals surface area contributed by atoms with E-state index in [2.05, 4.69) is 28.3 Å². The Labute approximate surface area is 220 Å². The molecule has 1 aliphatic heterocycles. The highest BCUT2D eigenvalue weighted by molar-refractivity contribution is 5.99. The van der Waals surface area contributed by atoms with E-state index in [0.717, 1.165) is 40.0 Å². The number of imidazole rings is 1. The Bertz CT molecular complexity index is 1640. The van der Waals surface area contributed by atoms with Crippen LogP contribution in [0.15, 0.2) is 60.9 Å². The first-order valence-electron chi connectivity index (χ1n) is 13.0. The summed E-state index contributed by atoms with van der Waals surface area (Å²) >= 11 is 0. The molecule has 4 aromatic heterocycles. The lowest BCUT2D eigenvalue weighted by atomic mass is 10.0. The summed E-state index contributed by atoms with van der Waals surface area (Å²) in [6.07, 6.45) is 3.57. The minimum absolute atomic E-state index is 0.0239. The molecule has 0 aliphatic carbocycles. The zero-order valence-electron chi connectivity index (χ0n) is 21.5. The maximum absolute atomic E-state index is 13.5. The topological polar surface area (TPSA) is 107 Å². The molecule has 2 N–H and O–H groups in total. The van der Waals surface area contributed by atoms with E-state index in [4.69, 9.17) is 9.84 Å². The molecule has 0 radical (unpaired) electrons. The van der Waals surface area contributed by atoms with Crippen LogP contribution in [0.1, 0.15) is 40.1 Å². The fourth-order valence-corrected chi connectivity index (χ4v) is 5.18. The number of pyridine rings is 2. The normalized spacial score (nSPS) is 17.4. The minimum atomic E-state index is -0.545. The number of β-amino-alcohol motifs (C(OH)–C–C–N with tert-alkyl or cyclic N) is 1. The number of ether oxygens (including phenoxy) is 1. The van der Waals surface area contributed by atoms with Crippen LogP contribution in [0.3, 0.4) is 0 Å². The number of Topliss-reactive ketones (excluding diaryl/α,β-unsaturated/α-hetero) is 1. The number of fused-ring (bicyclic) bond motifs is 2. The molecule has 0 bridgehead atoms. The molecule has 194 valence electrons. The van der Waals surface area contributed by atoms with Crippen molar-refractivity contribution in [2.24, 2.45) is 0 Å². The number of nitrogens with zero attached hydrogens (tertiary/aromatic N) is 5. The van der Waals surface area contributed by atoms with Gasteiger partial charge >= 0.3 is 0 Å². The van der Waals surface area contributed by atoms with Crippen LogP contribution in [-0.4, -0.2) is 60.3 Å². The molecular weight excluding hydrogens is 480 g/mol. The number of aliphatic hydroxyl groups excluding tert-OH is 1. The summed E-state index contributed by atoms with van der Waals surface area (Å²) in [4.78, 5) is 22.6. The lowest BCUT2D eigenvalue weighted by molar-refractivity contribution is 0.0738. The van der Waals surface area contributed by atoms with E-state index in [-0.39, 0.29) is 18.3 Å². The average molecular weight is 511 g/mol. The van der Waals surface area contributed by atoms with Gasteiger partial charge in [0, 0.05) is 42.9 Å². The zero-order valence-corrected chi connectivity index (χ0v) is 21.5. The SMILES string of the molecule is CCc1nn(Cc2cccc(C)n2)c2cccc(CC(=O)c3cnc4cc(O[C@@H]5CNC[C@H]5O)ccn34)c12. The molecule has 9 heteroatoms. The first-order chi connectivity index (χ1) is 18.5. The molecule has 5 aromatic rings. The molecule has 0 saturated carbocycles. The molecular formula is C29H30N6O3. The summed E-state index contributed by atoms with van der Waals surface area (Å²) in [5.74, 6) is 0.590. The monoisotopic (exact) mass is 510 g/mol. The van der Waals surface area contributed by atoms with Gasteiger partial charge in [0.15, 0.2) is 5.78 Å². The second-order valence-corrected chi connectivity index (χ2v) is 9.76. The number of hydrogen-bond donors (Lipinski definition) is 2. The lowest BCUT2D eigenvalue weighted by Crippen LogP contribution is -2.29. The van der Waals surface area contributed by atoms with Gasteiger partial charge in [-0.3, -0.25) is 18.9 Å². The number of benzene rings is 1. The summed E-state index contributed by atoms with van der Waals surface area (Å²) in [7, 11) is 0. The Morgan fingerprint density at radius 1 is 1.18 bits per heavy atom. The van der Waals surface area contributed by atoms with E-state index < -0.39 is 6.10 Å². The van der Waals surface area contributed by atoms with Crippen molar-refractivity contribution in [1.29, 1.82) is 0 Å². The van der Waals surface area contributed by atoms with E-state index in [1.165, 1.54) is 0 Å². The van der Waals surface area contributed by atoms with Crippen molar-refractivity contribution in [3.8, 4) is 5.75 Å². The molecule has 1 aliphatic rings. The predicted octanol–water partition coefficient (Wildman–Crippen LogP) is 3.14. The smallest absolute Gasteiger partial charge is 0.185 e. The first kappa shape index (κ1) is 24.3. The zero-order chi connectivity index (χ0) is 26.2. The molecule has 5 heterocycles. The molecule has 9 nitrogen and oxygen atoms in total. The van der Waals surface area contributed by atoms with E-state index in [0.29, 0.717) is 36.7 Å². The summed E-state index contributed by atoms with van der Waals surface area (Å²) in [6.45, 7) is 5.75. The third kappa shape index (κ3) is 4.55. The van der Waals surface area contributed by atoms with Gasteiger partial charge in [0.25, 0.3) is 0 Å². The van der Waals surface area contributed by atoms with Gasteiger partial charge in [-0.2, -0.15) is 5.10 Å². The van der Waals surface area contributed by atoms with E-state index in [1.807, 2.05) is 41.9 Å². The van der Waals surface area contributed by atoms with Crippen molar-refractivity contribution in [3.05, 3.63) is 89.3 Å². The number of hydrogen-bond acceptors (Lipinski definition) is 7. The maximum Gasteiger partial charge on any atom is 0.185 e. The predicted molar refractivity (Wildman–Crippen MR) is 144 cm³/mol. The van der Waals surface area contributed by atoms with E-state index >= 15 is 0 Å². The van der Waals surface area contributed by atoms with Crippen LogP contribution in [0, 0.1) is 6.92 Å². The summed E-state index contributed by atoms with van der Waals surface area (Å²) < 4.78 is 9.69. The number of ketones is 1. The van der Waals surface area contributed by atoms with Crippen LogP contribution < -0.4 is 10.1 Å². The van der Waals surface area contributed by atoms with Crippen LogP contribution in [-0.2, 0) is 19.4 Å². The summed E-state index contributed by atoms with van der Waals surface area (Å²) in [5.41, 5.74) is 5.98. The maximum atomic E-state index is 13.5. The fourth-order valence-electron chi connectivity index (χ4n) is 5.18. The fraction of sp³-hybridized carbons (Fsp3) is 0.310. The van der Waals surface area contributed by atoms with Gasteiger partial charge in [-0.05, 0) is 43.2 Å².